The van der Waals surface area contributed by atoms with E-state index in [1.807, 2.05) is 0 Å². The molecule has 0 amide bonds. The number of carbonyl (C=O) groups excluding carboxylic acids is 1. The molecule has 3 rings (SSSR count). The van der Waals surface area contributed by atoms with Crippen LogP contribution in [0, 0.1) is 5.82 Å². The van der Waals surface area contributed by atoms with Crippen LogP contribution in [0.1, 0.15) is 5.69 Å². The second-order valence-corrected chi connectivity index (χ2v) is 7.10. The number of ether oxygens (including phenoxy) is 3. The Balaban J connectivity index is 2.08. The minimum absolute atomic E-state index is 0.0264. The molecule has 0 radical (unpaired) electrons. The molecule has 0 fully saturated rings. The molecule has 13 heteroatoms. The third kappa shape index (κ3) is 5.06. The second-order valence-electron chi connectivity index (χ2n) is 6.69. The van der Waals surface area contributed by atoms with E-state index in [-0.39, 0.29) is 37.5 Å². The number of esters is 1. The number of aromatic nitrogens is 2. The van der Waals surface area contributed by atoms with Crippen LogP contribution in [0.15, 0.2) is 52.1 Å². The van der Waals surface area contributed by atoms with Crippen LogP contribution in [-0.2, 0) is 22.8 Å². The molecule has 2 aromatic carbocycles. The van der Waals surface area contributed by atoms with Crippen molar-refractivity contribution in [3.63, 3.8) is 0 Å². The number of benzene rings is 2. The van der Waals surface area contributed by atoms with Gasteiger partial charge in [0, 0.05) is 19.2 Å². The summed E-state index contributed by atoms with van der Waals surface area (Å²) in [6, 6.07) is 7.78. The monoisotopic (exact) mass is 502 g/mol. The minimum atomic E-state index is -4.98. The van der Waals surface area contributed by atoms with Gasteiger partial charge in [-0.15, -0.1) is 0 Å². The summed E-state index contributed by atoms with van der Waals surface area (Å²) < 4.78 is 69.8. The van der Waals surface area contributed by atoms with Crippen molar-refractivity contribution in [3.8, 4) is 22.9 Å². The van der Waals surface area contributed by atoms with Crippen LogP contribution in [0.3, 0.4) is 0 Å². The molecule has 0 saturated carbocycles. The van der Waals surface area contributed by atoms with Gasteiger partial charge in [0.1, 0.15) is 17.3 Å². The van der Waals surface area contributed by atoms with Gasteiger partial charge in [-0.3, -0.25) is 9.36 Å². The largest absolute Gasteiger partial charge is 0.478 e. The van der Waals surface area contributed by atoms with Crippen molar-refractivity contribution in [2.24, 2.45) is 7.05 Å². The van der Waals surface area contributed by atoms with Crippen molar-refractivity contribution in [3.05, 3.63) is 79.8 Å². The van der Waals surface area contributed by atoms with Crippen LogP contribution in [0.4, 0.5) is 17.6 Å². The Kier molecular flexibility index (Phi) is 7.01. The van der Waals surface area contributed by atoms with Gasteiger partial charge in [-0.1, -0.05) is 23.7 Å². The molecule has 1 aromatic heterocycles. The summed E-state index contributed by atoms with van der Waals surface area (Å²) in [7, 11) is 1.96. The van der Waals surface area contributed by atoms with Crippen LogP contribution >= 0.6 is 11.6 Å². The summed E-state index contributed by atoms with van der Waals surface area (Å²) in [4.78, 5) is 36.2. The fourth-order valence-corrected chi connectivity index (χ4v) is 3.04. The molecular formula is C21H15ClF4N2O6. The third-order valence-electron chi connectivity index (χ3n) is 4.50. The van der Waals surface area contributed by atoms with E-state index in [1.54, 1.807) is 12.1 Å². The van der Waals surface area contributed by atoms with Gasteiger partial charge in [-0.05, 0) is 18.2 Å². The van der Waals surface area contributed by atoms with Crippen LogP contribution in [0.5, 0.6) is 17.2 Å². The number of halogens is 5. The van der Waals surface area contributed by atoms with Gasteiger partial charge >= 0.3 is 17.8 Å². The Morgan fingerprint density at radius 2 is 1.71 bits per heavy atom. The number of para-hydroxylation sites is 2. The Morgan fingerprint density at radius 1 is 1.06 bits per heavy atom. The predicted octanol–water partition coefficient (Wildman–Crippen LogP) is 3.69. The molecule has 0 aliphatic rings. The number of rotatable bonds is 6. The highest BCUT2D eigenvalue weighted by Crippen LogP contribution is 2.37. The molecule has 8 nitrogen and oxygen atoms in total. The number of nitrogens with zero attached hydrogens (tertiary/aromatic N) is 2. The molecule has 0 saturated heterocycles. The van der Waals surface area contributed by atoms with Crippen LogP contribution in [-0.4, -0.2) is 28.8 Å². The van der Waals surface area contributed by atoms with Gasteiger partial charge in [-0.2, -0.15) is 13.2 Å². The van der Waals surface area contributed by atoms with Gasteiger partial charge in [0.15, 0.2) is 18.1 Å². The molecule has 1 heterocycles. The molecule has 34 heavy (non-hydrogen) atoms. The van der Waals surface area contributed by atoms with Crippen molar-refractivity contribution in [2.45, 2.75) is 6.18 Å². The Labute approximate surface area is 193 Å². The summed E-state index contributed by atoms with van der Waals surface area (Å²) in [6.07, 6.45) is -4.98. The zero-order valence-corrected chi connectivity index (χ0v) is 18.2. The molecule has 0 aliphatic heterocycles. The lowest BCUT2D eigenvalue weighted by molar-refractivity contribution is -0.144. The minimum Gasteiger partial charge on any atom is -0.478 e. The van der Waals surface area contributed by atoms with Crippen molar-refractivity contribution in [1.82, 2.24) is 9.13 Å². The smallest absolute Gasteiger partial charge is 0.431 e. The van der Waals surface area contributed by atoms with Crippen molar-refractivity contribution in [1.29, 1.82) is 0 Å². The van der Waals surface area contributed by atoms with E-state index < -0.39 is 47.2 Å². The molecular weight excluding hydrogens is 488 g/mol. The normalized spacial score (nSPS) is 11.3. The third-order valence-corrected chi connectivity index (χ3v) is 4.79. The molecule has 0 atom stereocenters. The van der Waals surface area contributed by atoms with E-state index >= 15 is 0 Å². The van der Waals surface area contributed by atoms with E-state index in [0.717, 1.165) is 19.2 Å². The maximum Gasteiger partial charge on any atom is 0.431 e. The molecule has 180 valence electrons. The highest BCUT2D eigenvalue weighted by molar-refractivity contribution is 6.32. The highest BCUT2D eigenvalue weighted by atomic mass is 35.5. The number of methoxy groups -OCH3 is 1. The summed E-state index contributed by atoms with van der Waals surface area (Å²) in [5.41, 5.74) is -5.04. The number of carbonyl (C=O) groups is 1. The molecule has 3 aromatic rings. The first-order valence-electron chi connectivity index (χ1n) is 9.30. The van der Waals surface area contributed by atoms with Crippen LogP contribution in [0.2, 0.25) is 5.02 Å². The first-order valence-corrected chi connectivity index (χ1v) is 9.68. The average Bonchev–Trinajstić information content (AvgIpc) is 2.77. The number of alkyl halides is 3. The summed E-state index contributed by atoms with van der Waals surface area (Å²) in [5, 5.41) is -0.277. The first-order chi connectivity index (χ1) is 15.9. The molecule has 0 aliphatic carbocycles. The van der Waals surface area contributed by atoms with E-state index in [4.69, 9.17) is 21.1 Å². The summed E-state index contributed by atoms with van der Waals surface area (Å²) >= 11 is 6.04. The first kappa shape index (κ1) is 24.8. The number of hydrogen-bond donors (Lipinski definition) is 0. The average molecular weight is 503 g/mol. The topological polar surface area (TPSA) is 88.8 Å². The van der Waals surface area contributed by atoms with Crippen molar-refractivity contribution in [2.75, 3.05) is 13.7 Å². The summed E-state index contributed by atoms with van der Waals surface area (Å²) in [5.74, 6) is -1.97. The fourth-order valence-electron chi connectivity index (χ4n) is 2.86. The predicted molar refractivity (Wildman–Crippen MR) is 111 cm³/mol. The lowest BCUT2D eigenvalue weighted by Gasteiger charge is -2.16. The quantitative estimate of drug-likeness (QED) is 0.377. The number of hydrogen-bond acceptors (Lipinski definition) is 6. The SMILES string of the molecule is COC(=O)COc1ccccc1Oc1cc(-n2c(=O)cc(C(F)(F)F)n(C)c2=O)c(F)cc1Cl. The molecule has 0 bridgehead atoms. The Hall–Kier alpha value is -3.80. The molecule has 0 spiro atoms. The Bertz CT molecular complexity index is 1370. The van der Waals surface area contributed by atoms with Gasteiger partial charge in [0.2, 0.25) is 0 Å². The fraction of sp³-hybridized carbons (Fsp3) is 0.190. The zero-order valence-electron chi connectivity index (χ0n) is 17.5. The van der Waals surface area contributed by atoms with Gasteiger partial charge in [-0.25, -0.2) is 18.5 Å². The molecule has 0 N–H and O–H groups in total. The van der Waals surface area contributed by atoms with Crippen LogP contribution < -0.4 is 20.7 Å². The summed E-state index contributed by atoms with van der Waals surface area (Å²) in [6.45, 7) is -0.448. The Morgan fingerprint density at radius 3 is 2.32 bits per heavy atom. The van der Waals surface area contributed by atoms with Gasteiger partial charge in [0.05, 0.1) is 17.8 Å². The van der Waals surface area contributed by atoms with Gasteiger partial charge < -0.3 is 14.2 Å². The lowest BCUT2D eigenvalue weighted by Crippen LogP contribution is -2.41. The highest BCUT2D eigenvalue weighted by Gasteiger charge is 2.35. The maximum absolute atomic E-state index is 14.7. The standard InChI is InChI=1S/C21H15ClF4N2O6/c1-27-17(21(24,25)26)9-18(29)28(20(27)31)13-8-16(11(22)7-12(13)23)34-15-6-4-3-5-14(15)33-10-19(30)32-2/h3-9H,10H2,1-2H3. The van der Waals surface area contributed by atoms with E-state index in [1.165, 1.54) is 19.2 Å². The lowest BCUT2D eigenvalue weighted by atomic mass is 10.2. The maximum atomic E-state index is 14.7. The van der Waals surface area contributed by atoms with Crippen LogP contribution in [0.25, 0.3) is 5.69 Å². The van der Waals surface area contributed by atoms with Crippen molar-refractivity contribution >= 4 is 17.6 Å². The zero-order chi connectivity index (χ0) is 25.2. The van der Waals surface area contributed by atoms with E-state index in [0.29, 0.717) is 0 Å². The molecule has 0 unspecified atom stereocenters. The van der Waals surface area contributed by atoms with E-state index in [9.17, 15) is 31.9 Å². The van der Waals surface area contributed by atoms with Gasteiger partial charge in [0.25, 0.3) is 5.56 Å². The van der Waals surface area contributed by atoms with Crippen molar-refractivity contribution < 1.29 is 36.6 Å². The second kappa shape index (κ2) is 9.59. The van der Waals surface area contributed by atoms with E-state index in [2.05, 4.69) is 4.74 Å².